The molecule has 0 heterocycles. The van der Waals surface area contributed by atoms with Crippen LogP contribution in [0.5, 0.6) is 5.75 Å². The normalized spacial score (nSPS) is 9.65. The summed E-state index contributed by atoms with van der Waals surface area (Å²) in [5, 5.41) is 19.7. The lowest BCUT2D eigenvalue weighted by Gasteiger charge is -1.99. The maximum atomic E-state index is 10.3. The van der Waals surface area contributed by atoms with Gasteiger partial charge in [0, 0.05) is 5.56 Å². The highest BCUT2D eigenvalue weighted by molar-refractivity contribution is 5.85. The zero-order valence-electron chi connectivity index (χ0n) is 8.97. The molecule has 84 valence electrons. The van der Waals surface area contributed by atoms with Gasteiger partial charge in [-0.2, -0.15) is 0 Å². The number of hydrogen-bond acceptors (Lipinski definition) is 2. The number of carbonyl (C=O) groups is 1. The van der Waals surface area contributed by atoms with E-state index in [0.29, 0.717) is 0 Å². The van der Waals surface area contributed by atoms with Crippen LogP contribution in [0.1, 0.15) is 12.0 Å². The molecule has 0 bridgehead atoms. The van der Waals surface area contributed by atoms with Crippen molar-refractivity contribution < 1.29 is 15.0 Å². The molecule has 0 amide bonds. The Bertz CT molecular complexity index is 633. The van der Waals surface area contributed by atoms with Gasteiger partial charge in [0.2, 0.25) is 0 Å². The van der Waals surface area contributed by atoms with Crippen molar-refractivity contribution in [3.8, 4) is 17.6 Å². The van der Waals surface area contributed by atoms with E-state index >= 15 is 0 Å². The topological polar surface area (TPSA) is 57.5 Å². The zero-order chi connectivity index (χ0) is 12.3. The molecule has 2 aromatic carbocycles. The monoisotopic (exact) mass is 226 g/mol. The third-order valence-electron chi connectivity index (χ3n) is 2.30. The summed E-state index contributed by atoms with van der Waals surface area (Å²) in [6.07, 6.45) is -0.169. The number of fused-ring (bicyclic) bond motifs is 1. The number of benzene rings is 2. The Morgan fingerprint density at radius 2 is 1.88 bits per heavy atom. The average Bonchev–Trinajstić information content (AvgIpc) is 2.28. The van der Waals surface area contributed by atoms with E-state index in [9.17, 15) is 9.90 Å². The number of phenolic OH excluding ortho intramolecular Hbond substituents is 1. The van der Waals surface area contributed by atoms with E-state index in [-0.39, 0.29) is 12.2 Å². The fourth-order valence-electron chi connectivity index (χ4n) is 1.53. The summed E-state index contributed by atoms with van der Waals surface area (Å²) in [5.74, 6) is 4.61. The van der Waals surface area contributed by atoms with Crippen molar-refractivity contribution in [1.29, 1.82) is 0 Å². The highest BCUT2D eigenvalue weighted by Gasteiger charge is 1.96. The van der Waals surface area contributed by atoms with Gasteiger partial charge in [-0.3, -0.25) is 4.79 Å². The molecule has 2 rings (SSSR count). The van der Waals surface area contributed by atoms with Crippen LogP contribution >= 0.6 is 0 Å². The Morgan fingerprint density at radius 3 is 2.65 bits per heavy atom. The Kier molecular flexibility index (Phi) is 2.97. The van der Waals surface area contributed by atoms with Crippen molar-refractivity contribution in [2.24, 2.45) is 0 Å². The summed E-state index contributed by atoms with van der Waals surface area (Å²) in [6.45, 7) is 0. The highest BCUT2D eigenvalue weighted by atomic mass is 16.4. The van der Waals surface area contributed by atoms with Crippen LogP contribution in [-0.4, -0.2) is 16.2 Å². The van der Waals surface area contributed by atoms with Crippen LogP contribution in [-0.2, 0) is 4.79 Å². The van der Waals surface area contributed by atoms with Gasteiger partial charge in [-0.15, -0.1) is 0 Å². The van der Waals surface area contributed by atoms with Crippen LogP contribution < -0.4 is 0 Å². The smallest absolute Gasteiger partial charge is 0.315 e. The Morgan fingerprint density at radius 1 is 1.12 bits per heavy atom. The number of rotatable bonds is 1. The maximum Gasteiger partial charge on any atom is 0.315 e. The first kappa shape index (κ1) is 11.0. The molecule has 0 aromatic heterocycles. The maximum absolute atomic E-state index is 10.3. The molecule has 0 fully saturated rings. The molecule has 0 saturated heterocycles. The second kappa shape index (κ2) is 4.58. The van der Waals surface area contributed by atoms with Gasteiger partial charge in [-0.05, 0) is 35.0 Å². The summed E-state index contributed by atoms with van der Waals surface area (Å²) in [7, 11) is 0. The van der Waals surface area contributed by atoms with Crippen LogP contribution in [0.2, 0.25) is 0 Å². The first-order valence-electron chi connectivity index (χ1n) is 5.08. The summed E-state index contributed by atoms with van der Waals surface area (Å²) < 4.78 is 0. The molecule has 0 radical (unpaired) electrons. The Balaban J connectivity index is 2.36. The SMILES string of the molecule is O=C(O)CC#Cc1ccc2ccc(O)cc2c1. The third-order valence-corrected chi connectivity index (χ3v) is 2.30. The average molecular weight is 226 g/mol. The van der Waals surface area contributed by atoms with E-state index in [4.69, 9.17) is 5.11 Å². The van der Waals surface area contributed by atoms with Gasteiger partial charge >= 0.3 is 5.97 Å². The van der Waals surface area contributed by atoms with Crippen molar-refractivity contribution in [3.05, 3.63) is 42.0 Å². The number of aliphatic carboxylic acids is 1. The van der Waals surface area contributed by atoms with Crippen molar-refractivity contribution in [3.63, 3.8) is 0 Å². The molecule has 0 unspecified atom stereocenters. The summed E-state index contributed by atoms with van der Waals surface area (Å²) in [4.78, 5) is 10.3. The van der Waals surface area contributed by atoms with Gasteiger partial charge in [0.15, 0.2) is 0 Å². The quantitative estimate of drug-likeness (QED) is 0.734. The lowest BCUT2D eigenvalue weighted by molar-refractivity contribution is -0.135. The summed E-state index contributed by atoms with van der Waals surface area (Å²) in [5.41, 5.74) is 0.740. The molecule has 0 aliphatic carbocycles. The second-order valence-electron chi connectivity index (χ2n) is 3.62. The number of carboxylic acid groups (broad SMARTS) is 1. The molecular weight excluding hydrogens is 216 g/mol. The van der Waals surface area contributed by atoms with E-state index < -0.39 is 5.97 Å². The van der Waals surface area contributed by atoms with Crippen LogP contribution in [0.15, 0.2) is 36.4 Å². The Labute approximate surface area is 98.3 Å². The minimum atomic E-state index is -0.934. The molecule has 0 aliphatic heterocycles. The highest BCUT2D eigenvalue weighted by Crippen LogP contribution is 2.20. The van der Waals surface area contributed by atoms with E-state index in [2.05, 4.69) is 11.8 Å². The summed E-state index contributed by atoms with van der Waals surface area (Å²) in [6, 6.07) is 10.6. The number of aromatic hydroxyl groups is 1. The van der Waals surface area contributed by atoms with Crippen molar-refractivity contribution in [1.82, 2.24) is 0 Å². The van der Waals surface area contributed by atoms with Gasteiger partial charge in [-0.1, -0.05) is 24.0 Å². The molecule has 17 heavy (non-hydrogen) atoms. The first-order chi connectivity index (χ1) is 8.15. The van der Waals surface area contributed by atoms with Crippen molar-refractivity contribution in [2.45, 2.75) is 6.42 Å². The van der Waals surface area contributed by atoms with Crippen molar-refractivity contribution >= 4 is 16.7 Å². The molecule has 3 heteroatoms. The molecular formula is C14H10O3. The van der Waals surface area contributed by atoms with Crippen LogP contribution in [0.3, 0.4) is 0 Å². The molecule has 0 aliphatic rings. The summed E-state index contributed by atoms with van der Waals surface area (Å²) >= 11 is 0. The van der Waals surface area contributed by atoms with E-state index in [1.807, 2.05) is 24.3 Å². The number of hydrogen-bond donors (Lipinski definition) is 2. The standard InChI is InChI=1S/C14H10O3/c15-13-7-6-11-5-4-10(8-12(11)9-13)2-1-3-14(16)17/h4-9,15H,3H2,(H,16,17). The molecule has 2 N–H and O–H groups in total. The minimum absolute atomic E-state index is 0.169. The van der Waals surface area contributed by atoms with Gasteiger partial charge < -0.3 is 10.2 Å². The van der Waals surface area contributed by atoms with Gasteiger partial charge in [-0.25, -0.2) is 0 Å². The zero-order valence-corrected chi connectivity index (χ0v) is 8.97. The molecule has 0 spiro atoms. The van der Waals surface area contributed by atoms with E-state index in [0.717, 1.165) is 16.3 Å². The predicted octanol–water partition coefficient (Wildman–Crippen LogP) is 2.37. The van der Waals surface area contributed by atoms with Gasteiger partial charge in [0.05, 0.1) is 0 Å². The fourth-order valence-corrected chi connectivity index (χ4v) is 1.53. The molecule has 3 nitrogen and oxygen atoms in total. The van der Waals surface area contributed by atoms with E-state index in [1.54, 1.807) is 12.1 Å². The molecule has 0 saturated carbocycles. The third kappa shape index (κ3) is 2.76. The molecule has 0 atom stereocenters. The molecule has 2 aromatic rings. The lowest BCUT2D eigenvalue weighted by atomic mass is 10.1. The van der Waals surface area contributed by atoms with E-state index in [1.165, 1.54) is 0 Å². The number of phenols is 1. The van der Waals surface area contributed by atoms with Crippen LogP contribution in [0.25, 0.3) is 10.8 Å². The minimum Gasteiger partial charge on any atom is -0.508 e. The number of carboxylic acids is 1. The first-order valence-corrected chi connectivity index (χ1v) is 5.08. The van der Waals surface area contributed by atoms with Gasteiger partial charge in [0.25, 0.3) is 0 Å². The van der Waals surface area contributed by atoms with Crippen LogP contribution in [0, 0.1) is 11.8 Å². The van der Waals surface area contributed by atoms with Crippen LogP contribution in [0.4, 0.5) is 0 Å². The second-order valence-corrected chi connectivity index (χ2v) is 3.62. The predicted molar refractivity (Wildman–Crippen MR) is 64.7 cm³/mol. The Hall–Kier alpha value is -2.47. The lowest BCUT2D eigenvalue weighted by Crippen LogP contribution is -1.90. The largest absolute Gasteiger partial charge is 0.508 e. The van der Waals surface area contributed by atoms with Gasteiger partial charge in [0.1, 0.15) is 12.2 Å². The van der Waals surface area contributed by atoms with Crippen molar-refractivity contribution in [2.75, 3.05) is 0 Å². The fraction of sp³-hybridized carbons (Fsp3) is 0.0714.